The van der Waals surface area contributed by atoms with Crippen molar-refractivity contribution in [1.29, 1.82) is 0 Å². The molecule has 84 heavy (non-hydrogen) atoms. The number of allylic oxidation sites excluding steroid dienone is 2. The van der Waals surface area contributed by atoms with Gasteiger partial charge in [-0.05, 0) is 111 Å². The summed E-state index contributed by atoms with van der Waals surface area (Å²) in [6.45, 7) is 14.0. The summed E-state index contributed by atoms with van der Waals surface area (Å²) >= 11 is 0. The summed E-state index contributed by atoms with van der Waals surface area (Å²) in [7, 11) is 0. The first kappa shape index (κ1) is 65.2. The van der Waals surface area contributed by atoms with Crippen molar-refractivity contribution in [2.45, 2.75) is 267 Å². The number of fused-ring (bicyclic) bond motifs is 7. The van der Waals surface area contributed by atoms with Crippen molar-refractivity contribution < 1.29 is 129 Å². The van der Waals surface area contributed by atoms with Gasteiger partial charge in [-0.1, -0.05) is 53.2 Å². The second-order valence-corrected chi connectivity index (χ2v) is 28.1. The normalized spacial score (nSPS) is 55.8. The molecular formula is C58H94O26. The predicted octanol–water partition coefficient (Wildman–Crippen LogP) is -2.93. The van der Waals surface area contributed by atoms with Crippen LogP contribution < -0.4 is 0 Å². The zero-order chi connectivity index (χ0) is 61.3. The van der Waals surface area contributed by atoms with Crippen LogP contribution in [0.25, 0.3) is 0 Å². The second kappa shape index (κ2) is 23.8. The second-order valence-electron chi connectivity index (χ2n) is 28.1. The van der Waals surface area contributed by atoms with Gasteiger partial charge in [-0.2, -0.15) is 0 Å². The molecule has 0 aromatic rings. The smallest absolute Gasteiger partial charge is 0.317 e. The molecule has 5 aliphatic carbocycles. The summed E-state index contributed by atoms with van der Waals surface area (Å²) in [6.07, 6.45) is -31.4. The Labute approximate surface area is 488 Å². The number of rotatable bonds is 12. The van der Waals surface area contributed by atoms with Gasteiger partial charge in [0, 0.05) is 5.41 Å². The number of esters is 1. The van der Waals surface area contributed by atoms with Gasteiger partial charge in [-0.3, -0.25) is 4.79 Å². The molecule has 15 N–H and O–H groups in total. The quantitative estimate of drug-likeness (QED) is 0.0528. The molecule has 0 unspecified atom stereocenters. The van der Waals surface area contributed by atoms with Crippen molar-refractivity contribution in [3.8, 4) is 0 Å². The number of carbonyl (C=O) groups is 1. The molecule has 9 fully saturated rings. The van der Waals surface area contributed by atoms with Crippen LogP contribution in [0.15, 0.2) is 11.6 Å². The Balaban J connectivity index is 0.848. The lowest BCUT2D eigenvalue weighted by molar-refractivity contribution is -0.377. The summed E-state index contributed by atoms with van der Waals surface area (Å²) in [6, 6.07) is 0. The summed E-state index contributed by atoms with van der Waals surface area (Å²) in [5.74, 6) is -1.40. The third-order valence-corrected chi connectivity index (χ3v) is 22.8. The first-order chi connectivity index (χ1) is 39.3. The van der Waals surface area contributed by atoms with E-state index in [4.69, 9.17) is 47.4 Å². The zero-order valence-corrected chi connectivity index (χ0v) is 49.1. The van der Waals surface area contributed by atoms with Gasteiger partial charge in [0.1, 0.15) is 97.0 Å². The number of aliphatic hydroxyl groups is 15. The average molecular weight is 1210 g/mol. The van der Waals surface area contributed by atoms with Crippen LogP contribution in [0.4, 0.5) is 0 Å². The van der Waals surface area contributed by atoms with E-state index in [1.165, 1.54) is 13.8 Å². The van der Waals surface area contributed by atoms with Crippen LogP contribution in [0.5, 0.6) is 0 Å². The highest BCUT2D eigenvalue weighted by atomic mass is 16.8. The molecule has 10 aliphatic rings. The van der Waals surface area contributed by atoms with E-state index in [0.29, 0.717) is 44.9 Å². The van der Waals surface area contributed by atoms with E-state index < -0.39 is 207 Å². The summed E-state index contributed by atoms with van der Waals surface area (Å²) in [5.41, 5.74) is -3.06. The fraction of sp³-hybridized carbons (Fsp3) is 0.948. The molecule has 482 valence electrons. The third-order valence-electron chi connectivity index (χ3n) is 22.8. The largest absolute Gasteiger partial charge is 0.432 e. The zero-order valence-electron chi connectivity index (χ0n) is 49.1. The Hall–Kier alpha value is -1.75. The molecule has 33 atom stereocenters. The van der Waals surface area contributed by atoms with Crippen LogP contribution in [0.2, 0.25) is 0 Å². The monoisotopic (exact) mass is 1210 g/mol. The molecule has 0 radical (unpaired) electrons. The summed E-state index contributed by atoms with van der Waals surface area (Å²) in [5, 5.41) is 165. The van der Waals surface area contributed by atoms with Crippen molar-refractivity contribution >= 4 is 5.97 Å². The molecule has 0 aromatic heterocycles. The van der Waals surface area contributed by atoms with Gasteiger partial charge in [0.15, 0.2) is 31.3 Å². The lowest BCUT2D eigenvalue weighted by Gasteiger charge is -2.72. The standard InChI is InChI=1S/C58H94O26/c1-23-34(64)37(67)40(70)48(77-23)82-45-28(62)21-75-47(43(45)73)81-44-24(2)78-49(42(72)39(44)69)83-46-35(65)27(61)20-76-51(46)84-52(74)58-16-15-53(3,4)17-26(58)25-9-10-31-54(5)13-12-33(80-50-41(71)38(68)36(66)29(19-59)79-50)55(6,22-60)30(54)11-14-56(31,7)57(25,8)18-32(58)63/h9,23-24,26-51,59-73H,10-22H2,1-8H3/t23-,24-,26-,27-,28+,29+,30+,31+,32+,33-,34-,35-,36+,37+,38-,39-,40+,41+,42+,43+,44-,45-,46+,47-,48-,49-,50-,51-,54-,55-,56+,57+,58+/m0/s1. The maximum atomic E-state index is 15.4. The fourth-order valence-corrected chi connectivity index (χ4v) is 17.5. The van der Waals surface area contributed by atoms with Gasteiger partial charge in [-0.15, -0.1) is 0 Å². The Kier molecular flexibility index (Phi) is 18.5. The van der Waals surface area contributed by atoms with Crippen molar-refractivity contribution in [2.75, 3.05) is 26.4 Å². The predicted molar refractivity (Wildman–Crippen MR) is 283 cm³/mol. The Bertz CT molecular complexity index is 2350. The summed E-state index contributed by atoms with van der Waals surface area (Å²) in [4.78, 5) is 15.4. The molecule has 26 nitrogen and oxygen atoms in total. The fourth-order valence-electron chi connectivity index (χ4n) is 17.5. The van der Waals surface area contributed by atoms with E-state index in [2.05, 4.69) is 40.7 Å². The van der Waals surface area contributed by atoms with Gasteiger partial charge >= 0.3 is 5.97 Å². The Morgan fingerprint density at radius 2 is 1.15 bits per heavy atom. The molecule has 5 saturated heterocycles. The maximum absolute atomic E-state index is 15.4. The Morgan fingerprint density at radius 1 is 0.560 bits per heavy atom. The van der Waals surface area contributed by atoms with E-state index in [1.54, 1.807) is 0 Å². The SMILES string of the molecule is C[C@@H]1O[C@@H](O[C@@H]2[C@@H](O)[C@H](O[C@@H]3[C@@H](O)[C@@H](O)[C@H](O[C@H]4[C@H](OC(=O)[C@]56CCC(C)(C)C[C@H]5C5=CC[C@@H]7[C@@]8(C)CC[C@H](O[C@@H]9O[C@H](CO)[C@@H](O)[C@H](O)[C@H]9O)[C@@](C)(CO)[C@@H]8CC[C@@]7(C)[C@]5(C)C[C@H]6O)OC[C@H](O)[C@@H]4O)O[C@H]3C)OC[C@H]2O)[C@H](O)[C@H](O)[C@H]1O. The average Bonchev–Trinajstić information content (AvgIpc) is 0.709. The first-order valence-electron chi connectivity index (χ1n) is 30.1. The molecule has 0 bridgehead atoms. The number of hydrogen-bond donors (Lipinski definition) is 15. The highest BCUT2D eigenvalue weighted by Gasteiger charge is 2.73. The van der Waals surface area contributed by atoms with Crippen molar-refractivity contribution in [1.82, 2.24) is 0 Å². The lowest BCUT2D eigenvalue weighted by Crippen LogP contribution is -2.69. The third kappa shape index (κ3) is 10.6. The molecule has 10 rings (SSSR count). The van der Waals surface area contributed by atoms with Gasteiger partial charge in [-0.25, -0.2) is 0 Å². The van der Waals surface area contributed by atoms with Gasteiger partial charge in [0.05, 0.1) is 50.8 Å². The topological polar surface area (TPSA) is 413 Å². The molecule has 5 aliphatic heterocycles. The molecule has 5 heterocycles. The van der Waals surface area contributed by atoms with Crippen LogP contribution in [0, 0.1) is 50.2 Å². The van der Waals surface area contributed by atoms with E-state index in [9.17, 15) is 76.6 Å². The van der Waals surface area contributed by atoms with Crippen molar-refractivity contribution in [2.24, 2.45) is 50.2 Å². The van der Waals surface area contributed by atoms with Crippen LogP contribution >= 0.6 is 0 Å². The maximum Gasteiger partial charge on any atom is 0.317 e. The van der Waals surface area contributed by atoms with Crippen molar-refractivity contribution in [3.63, 3.8) is 0 Å². The van der Waals surface area contributed by atoms with Crippen molar-refractivity contribution in [3.05, 3.63) is 11.6 Å². The molecular weight excluding hydrogens is 1110 g/mol. The molecule has 26 heteroatoms. The molecule has 4 saturated carbocycles. The van der Waals surface area contributed by atoms with Crippen LogP contribution in [-0.4, -0.2) is 263 Å². The van der Waals surface area contributed by atoms with Crippen LogP contribution in [0.1, 0.15) is 113 Å². The lowest BCUT2D eigenvalue weighted by atomic mass is 9.33. The van der Waals surface area contributed by atoms with Gasteiger partial charge < -0.3 is 124 Å². The van der Waals surface area contributed by atoms with E-state index >= 15 is 4.79 Å². The van der Waals surface area contributed by atoms with E-state index in [-0.39, 0.29) is 42.1 Å². The first-order valence-corrected chi connectivity index (χ1v) is 30.1. The Morgan fingerprint density at radius 3 is 1.82 bits per heavy atom. The number of hydrogen-bond acceptors (Lipinski definition) is 26. The molecule has 0 amide bonds. The highest BCUT2D eigenvalue weighted by molar-refractivity contribution is 5.80. The van der Waals surface area contributed by atoms with Gasteiger partial charge in [0.25, 0.3) is 0 Å². The highest BCUT2D eigenvalue weighted by Crippen LogP contribution is 2.76. The van der Waals surface area contributed by atoms with Crippen LogP contribution in [-0.2, 0) is 52.2 Å². The van der Waals surface area contributed by atoms with E-state index in [0.717, 1.165) is 5.57 Å². The minimum Gasteiger partial charge on any atom is -0.432 e. The molecule has 0 aromatic carbocycles. The summed E-state index contributed by atoms with van der Waals surface area (Å²) < 4.78 is 59.3. The number of aliphatic hydroxyl groups excluding tert-OH is 15. The van der Waals surface area contributed by atoms with E-state index in [1.807, 2.05) is 6.92 Å². The minimum atomic E-state index is -1.97. The number of carbonyl (C=O) groups excluding carboxylic acids is 1. The van der Waals surface area contributed by atoms with Crippen LogP contribution in [0.3, 0.4) is 0 Å². The minimum absolute atomic E-state index is 0.0326. The molecule has 0 spiro atoms. The number of ether oxygens (including phenoxy) is 10. The van der Waals surface area contributed by atoms with Gasteiger partial charge in [0.2, 0.25) is 6.29 Å².